The van der Waals surface area contributed by atoms with Gasteiger partial charge >= 0.3 is 5.63 Å². The van der Waals surface area contributed by atoms with E-state index in [4.69, 9.17) is 27.6 Å². The van der Waals surface area contributed by atoms with E-state index in [1.165, 1.54) is 0 Å². The predicted octanol–water partition coefficient (Wildman–Crippen LogP) is 4.87. The summed E-state index contributed by atoms with van der Waals surface area (Å²) < 4.78 is 7.16. The van der Waals surface area contributed by atoms with Crippen LogP contribution in [0.3, 0.4) is 0 Å². The summed E-state index contributed by atoms with van der Waals surface area (Å²) in [7, 11) is 1.80. The van der Waals surface area contributed by atoms with E-state index in [1.807, 2.05) is 25.1 Å². The summed E-state index contributed by atoms with van der Waals surface area (Å²) in [6.07, 6.45) is 1.61. The van der Waals surface area contributed by atoms with Gasteiger partial charge in [0.15, 0.2) is 0 Å². The van der Waals surface area contributed by atoms with Crippen molar-refractivity contribution in [2.75, 3.05) is 0 Å². The molecule has 0 spiro atoms. The van der Waals surface area contributed by atoms with Crippen LogP contribution in [-0.2, 0) is 7.05 Å². The Kier molecular flexibility index (Phi) is 4.05. The van der Waals surface area contributed by atoms with Gasteiger partial charge in [-0.1, -0.05) is 41.4 Å². The third-order valence-electron chi connectivity index (χ3n) is 4.19. The monoisotopic (exact) mass is 385 g/mol. The van der Waals surface area contributed by atoms with Crippen LogP contribution in [-0.4, -0.2) is 14.8 Å². The summed E-state index contributed by atoms with van der Waals surface area (Å²) in [5.74, 6) is 0.191. The number of nitrogens with zero attached hydrogens (tertiary/aromatic N) is 3. The van der Waals surface area contributed by atoms with Crippen LogP contribution < -0.4 is 5.63 Å². The van der Waals surface area contributed by atoms with Crippen molar-refractivity contribution in [3.8, 4) is 22.7 Å². The van der Waals surface area contributed by atoms with Crippen molar-refractivity contribution in [3.05, 3.63) is 68.6 Å². The van der Waals surface area contributed by atoms with Gasteiger partial charge in [-0.05, 0) is 30.7 Å². The third-order valence-corrected chi connectivity index (χ3v) is 4.73. The van der Waals surface area contributed by atoms with E-state index in [2.05, 4.69) is 10.1 Å². The smallest absolute Gasteiger partial charge is 0.347 e. The Bertz CT molecular complexity index is 1210. The van der Waals surface area contributed by atoms with Crippen LogP contribution in [0.15, 0.2) is 51.8 Å². The minimum Gasteiger partial charge on any atom is -0.403 e. The first-order valence-electron chi connectivity index (χ1n) is 7.84. The summed E-state index contributed by atoms with van der Waals surface area (Å²) >= 11 is 12.4. The summed E-state index contributed by atoms with van der Waals surface area (Å²) in [4.78, 5) is 17.0. The van der Waals surface area contributed by atoms with Crippen molar-refractivity contribution in [2.45, 2.75) is 6.92 Å². The molecular formula is C19H13Cl2N3O2. The Hall–Kier alpha value is -2.63. The fourth-order valence-corrected chi connectivity index (χ4v) is 3.49. The fraction of sp³-hybridized carbons (Fsp3) is 0.105. The van der Waals surface area contributed by atoms with Gasteiger partial charge in [0.2, 0.25) is 5.89 Å². The van der Waals surface area contributed by atoms with Gasteiger partial charge in [-0.15, -0.1) is 0 Å². The molecule has 0 bridgehead atoms. The second-order valence-electron chi connectivity index (χ2n) is 5.94. The number of benzene rings is 2. The molecule has 0 N–H and O–H groups in total. The maximum Gasteiger partial charge on any atom is 0.347 e. The molecule has 0 aliphatic heterocycles. The van der Waals surface area contributed by atoms with E-state index in [0.29, 0.717) is 26.5 Å². The Labute approximate surface area is 158 Å². The molecule has 0 amide bonds. The largest absolute Gasteiger partial charge is 0.403 e. The van der Waals surface area contributed by atoms with Crippen molar-refractivity contribution < 1.29 is 4.42 Å². The molecule has 4 rings (SSSR count). The molecule has 0 saturated carbocycles. The molecule has 0 saturated heterocycles. The highest BCUT2D eigenvalue weighted by Gasteiger charge is 2.20. The molecule has 4 aromatic rings. The zero-order valence-electron chi connectivity index (χ0n) is 14.0. The van der Waals surface area contributed by atoms with Crippen LogP contribution in [0.2, 0.25) is 10.0 Å². The van der Waals surface area contributed by atoms with E-state index in [-0.39, 0.29) is 5.89 Å². The Balaban J connectivity index is 2.01. The molecule has 5 nitrogen and oxygen atoms in total. The molecule has 0 atom stereocenters. The zero-order chi connectivity index (χ0) is 18.4. The molecule has 26 heavy (non-hydrogen) atoms. The lowest BCUT2D eigenvalue weighted by Gasteiger charge is -2.08. The van der Waals surface area contributed by atoms with Gasteiger partial charge in [-0.25, -0.2) is 9.78 Å². The van der Waals surface area contributed by atoms with Crippen LogP contribution >= 0.6 is 23.2 Å². The van der Waals surface area contributed by atoms with Gasteiger partial charge in [0.1, 0.15) is 0 Å². The average molecular weight is 386 g/mol. The van der Waals surface area contributed by atoms with Gasteiger partial charge < -0.3 is 4.42 Å². The van der Waals surface area contributed by atoms with Gasteiger partial charge in [-0.3, -0.25) is 4.68 Å². The maximum atomic E-state index is 12.5. The van der Waals surface area contributed by atoms with E-state index in [9.17, 15) is 4.79 Å². The van der Waals surface area contributed by atoms with Gasteiger partial charge in [-0.2, -0.15) is 5.10 Å². The molecule has 130 valence electrons. The first kappa shape index (κ1) is 16.8. The number of aryl methyl sites for hydroxylation is 2. The summed E-state index contributed by atoms with van der Waals surface area (Å²) in [5.41, 5.74) is 2.94. The summed E-state index contributed by atoms with van der Waals surface area (Å²) in [5, 5.41) is 5.68. The Morgan fingerprint density at radius 2 is 1.88 bits per heavy atom. The van der Waals surface area contributed by atoms with Gasteiger partial charge in [0.25, 0.3) is 0 Å². The standard InChI is InChI=1S/C19H13Cl2N3O2/c1-10-7-11(20)8-13-16(10)23-18(26-19(13)25)14-9-22-24(2)17(14)12-5-3-4-6-15(12)21/h3-9H,1-2H3. The molecule has 0 aliphatic carbocycles. The lowest BCUT2D eigenvalue weighted by molar-refractivity contribution is 0.518. The van der Waals surface area contributed by atoms with Crippen LogP contribution in [0.5, 0.6) is 0 Å². The van der Waals surface area contributed by atoms with Crippen molar-refractivity contribution >= 4 is 34.1 Å². The highest BCUT2D eigenvalue weighted by atomic mass is 35.5. The van der Waals surface area contributed by atoms with Crippen LogP contribution in [0.1, 0.15) is 5.56 Å². The molecule has 0 radical (unpaired) electrons. The summed E-state index contributed by atoms with van der Waals surface area (Å²) in [6, 6.07) is 10.7. The van der Waals surface area contributed by atoms with E-state index < -0.39 is 5.63 Å². The first-order chi connectivity index (χ1) is 12.5. The number of fused-ring (bicyclic) bond motifs is 1. The van der Waals surface area contributed by atoms with Crippen molar-refractivity contribution in [1.82, 2.24) is 14.8 Å². The van der Waals surface area contributed by atoms with E-state index >= 15 is 0 Å². The summed E-state index contributed by atoms with van der Waals surface area (Å²) in [6.45, 7) is 1.85. The molecule has 0 aliphatic rings. The number of hydrogen-bond donors (Lipinski definition) is 0. The quantitative estimate of drug-likeness (QED) is 0.493. The van der Waals surface area contributed by atoms with Crippen LogP contribution in [0, 0.1) is 6.92 Å². The molecule has 2 heterocycles. The average Bonchev–Trinajstić information content (AvgIpc) is 2.97. The highest BCUT2D eigenvalue weighted by molar-refractivity contribution is 6.33. The molecule has 2 aromatic heterocycles. The number of halogens is 2. The van der Waals surface area contributed by atoms with E-state index in [1.54, 1.807) is 36.1 Å². The normalized spacial score (nSPS) is 11.2. The predicted molar refractivity (Wildman–Crippen MR) is 103 cm³/mol. The molecular weight excluding hydrogens is 373 g/mol. The SMILES string of the molecule is Cc1cc(Cl)cc2c(=O)oc(-c3cnn(C)c3-c3ccccc3Cl)nc12. The van der Waals surface area contributed by atoms with Gasteiger partial charge in [0, 0.05) is 22.7 Å². The second-order valence-corrected chi connectivity index (χ2v) is 6.78. The lowest BCUT2D eigenvalue weighted by Crippen LogP contribution is -2.04. The lowest BCUT2D eigenvalue weighted by atomic mass is 10.1. The molecule has 0 fully saturated rings. The first-order valence-corrected chi connectivity index (χ1v) is 8.59. The molecule has 0 unspecified atom stereocenters. The number of hydrogen-bond acceptors (Lipinski definition) is 4. The number of aromatic nitrogens is 3. The minimum atomic E-state index is -0.496. The van der Waals surface area contributed by atoms with Crippen molar-refractivity contribution in [3.63, 3.8) is 0 Å². The van der Waals surface area contributed by atoms with Crippen molar-refractivity contribution in [2.24, 2.45) is 7.05 Å². The van der Waals surface area contributed by atoms with E-state index in [0.717, 1.165) is 16.8 Å². The molecule has 2 aromatic carbocycles. The Morgan fingerprint density at radius 1 is 1.12 bits per heavy atom. The van der Waals surface area contributed by atoms with Crippen molar-refractivity contribution in [1.29, 1.82) is 0 Å². The Morgan fingerprint density at radius 3 is 2.65 bits per heavy atom. The topological polar surface area (TPSA) is 60.9 Å². The highest BCUT2D eigenvalue weighted by Crippen LogP contribution is 2.35. The van der Waals surface area contributed by atoms with Crippen LogP contribution in [0.25, 0.3) is 33.6 Å². The fourth-order valence-electron chi connectivity index (χ4n) is 2.99. The van der Waals surface area contributed by atoms with Crippen LogP contribution in [0.4, 0.5) is 0 Å². The third kappa shape index (κ3) is 2.69. The number of rotatable bonds is 2. The second kappa shape index (κ2) is 6.27. The zero-order valence-corrected chi connectivity index (χ0v) is 15.5. The van der Waals surface area contributed by atoms with Gasteiger partial charge in [0.05, 0.1) is 28.4 Å². The maximum absolute atomic E-state index is 12.5. The molecule has 7 heteroatoms. The minimum absolute atomic E-state index is 0.191.